The maximum atomic E-state index is 12.4. The van der Waals surface area contributed by atoms with Crippen LogP contribution in [-0.2, 0) is 0 Å². The molecule has 1 saturated carbocycles. The van der Waals surface area contributed by atoms with E-state index in [1.54, 1.807) is 0 Å². The molecule has 1 amide bonds. The lowest BCUT2D eigenvalue weighted by atomic mass is 9.83. The molecular formula is C15H19BrClNO. The molecule has 104 valence electrons. The van der Waals surface area contributed by atoms with Gasteiger partial charge in [-0.25, -0.2) is 0 Å². The van der Waals surface area contributed by atoms with Gasteiger partial charge in [0.25, 0.3) is 5.91 Å². The molecule has 1 aromatic rings. The fraction of sp³-hybridized carbons (Fsp3) is 0.533. The minimum absolute atomic E-state index is 0.0213. The van der Waals surface area contributed by atoms with Crippen LogP contribution < -0.4 is 5.32 Å². The second kappa shape index (κ2) is 6.27. The molecule has 2 nitrogen and oxygen atoms in total. The summed E-state index contributed by atoms with van der Waals surface area (Å²) in [5.74, 6) is 0.470. The smallest absolute Gasteiger partial charge is 0.251 e. The molecule has 1 aromatic carbocycles. The summed E-state index contributed by atoms with van der Waals surface area (Å²) in [5, 5.41) is 3.16. The molecule has 1 fully saturated rings. The topological polar surface area (TPSA) is 29.1 Å². The fourth-order valence-electron chi connectivity index (χ4n) is 2.70. The lowest BCUT2D eigenvalue weighted by Gasteiger charge is -2.36. The number of rotatable bonds is 3. The normalized spacial score (nSPS) is 18.1. The van der Waals surface area contributed by atoms with Gasteiger partial charge in [0.05, 0.1) is 5.54 Å². The molecule has 1 aliphatic rings. The van der Waals surface area contributed by atoms with Crippen LogP contribution in [0.2, 0.25) is 0 Å². The molecular weight excluding hydrogens is 326 g/mol. The average Bonchev–Trinajstić information content (AvgIpc) is 2.38. The second-order valence-electron chi connectivity index (χ2n) is 5.45. The molecule has 0 aliphatic heterocycles. The summed E-state index contributed by atoms with van der Waals surface area (Å²) in [7, 11) is 0. The van der Waals surface area contributed by atoms with E-state index in [4.69, 9.17) is 11.6 Å². The summed E-state index contributed by atoms with van der Waals surface area (Å²) in [6.45, 7) is 1.99. The van der Waals surface area contributed by atoms with Crippen LogP contribution in [0.25, 0.3) is 0 Å². The zero-order valence-corrected chi connectivity index (χ0v) is 13.5. The van der Waals surface area contributed by atoms with Crippen LogP contribution in [0.15, 0.2) is 22.7 Å². The van der Waals surface area contributed by atoms with Gasteiger partial charge in [0.1, 0.15) is 0 Å². The van der Waals surface area contributed by atoms with Crippen LogP contribution >= 0.6 is 27.5 Å². The Kier molecular flexibility index (Phi) is 4.91. The van der Waals surface area contributed by atoms with Gasteiger partial charge >= 0.3 is 0 Å². The number of amides is 1. The highest BCUT2D eigenvalue weighted by Crippen LogP contribution is 2.29. The van der Waals surface area contributed by atoms with Crippen molar-refractivity contribution >= 4 is 33.4 Å². The molecule has 1 aliphatic carbocycles. The molecule has 4 heteroatoms. The average molecular weight is 345 g/mol. The Morgan fingerprint density at radius 2 is 2.00 bits per heavy atom. The van der Waals surface area contributed by atoms with Gasteiger partial charge in [-0.15, -0.1) is 11.6 Å². The first-order chi connectivity index (χ1) is 9.04. The molecule has 0 unspecified atom stereocenters. The van der Waals surface area contributed by atoms with Crippen LogP contribution in [0, 0.1) is 6.92 Å². The van der Waals surface area contributed by atoms with Gasteiger partial charge in [-0.05, 0) is 43.5 Å². The summed E-state index contributed by atoms with van der Waals surface area (Å²) in [6.07, 6.45) is 5.49. The number of nitrogens with one attached hydrogen (secondary N) is 1. The van der Waals surface area contributed by atoms with E-state index in [-0.39, 0.29) is 11.4 Å². The van der Waals surface area contributed by atoms with Crippen molar-refractivity contribution in [3.8, 4) is 0 Å². The molecule has 0 spiro atoms. The highest BCUT2D eigenvalue weighted by atomic mass is 79.9. The Hall–Kier alpha value is -0.540. The Morgan fingerprint density at radius 1 is 1.32 bits per heavy atom. The summed E-state index contributed by atoms with van der Waals surface area (Å²) >= 11 is 9.54. The van der Waals surface area contributed by atoms with Gasteiger partial charge in [0.2, 0.25) is 0 Å². The number of alkyl halides is 1. The highest BCUT2D eigenvalue weighted by Gasteiger charge is 2.32. The van der Waals surface area contributed by atoms with Gasteiger partial charge in [-0.3, -0.25) is 4.79 Å². The minimum Gasteiger partial charge on any atom is -0.345 e. The van der Waals surface area contributed by atoms with Crippen LogP contribution in [0.5, 0.6) is 0 Å². The quantitative estimate of drug-likeness (QED) is 0.808. The molecule has 0 saturated heterocycles. The Bertz CT molecular complexity index is 449. The lowest BCUT2D eigenvalue weighted by molar-refractivity contribution is 0.0884. The van der Waals surface area contributed by atoms with Crippen LogP contribution in [-0.4, -0.2) is 17.3 Å². The van der Waals surface area contributed by atoms with Crippen molar-refractivity contribution in [2.75, 3.05) is 5.88 Å². The number of aryl methyl sites for hydroxylation is 1. The third-order valence-electron chi connectivity index (χ3n) is 3.75. The van der Waals surface area contributed by atoms with E-state index in [2.05, 4.69) is 21.2 Å². The number of carbonyl (C=O) groups excluding carboxylic acids is 1. The third-order valence-corrected chi connectivity index (χ3v) is 4.72. The number of hydrogen-bond donors (Lipinski definition) is 1. The summed E-state index contributed by atoms with van der Waals surface area (Å²) < 4.78 is 0.932. The molecule has 1 N–H and O–H groups in total. The molecule has 0 heterocycles. The third kappa shape index (κ3) is 3.73. The summed E-state index contributed by atoms with van der Waals surface area (Å²) in [4.78, 5) is 12.4. The molecule has 2 rings (SSSR count). The van der Waals surface area contributed by atoms with E-state index in [0.29, 0.717) is 11.4 Å². The van der Waals surface area contributed by atoms with Crippen molar-refractivity contribution in [3.05, 3.63) is 33.8 Å². The monoisotopic (exact) mass is 343 g/mol. The predicted octanol–water partition coefficient (Wildman–Crippen LogP) is 4.43. The van der Waals surface area contributed by atoms with E-state index in [0.717, 1.165) is 35.7 Å². The van der Waals surface area contributed by atoms with Crippen LogP contribution in [0.4, 0.5) is 0 Å². The van der Waals surface area contributed by atoms with Gasteiger partial charge in [0, 0.05) is 15.9 Å². The van der Waals surface area contributed by atoms with Crippen molar-refractivity contribution in [2.24, 2.45) is 0 Å². The van der Waals surface area contributed by atoms with E-state index >= 15 is 0 Å². The van der Waals surface area contributed by atoms with Crippen LogP contribution in [0.1, 0.15) is 48.0 Å². The van der Waals surface area contributed by atoms with E-state index < -0.39 is 0 Å². The van der Waals surface area contributed by atoms with Gasteiger partial charge in [0.15, 0.2) is 0 Å². The predicted molar refractivity (Wildman–Crippen MR) is 82.9 cm³/mol. The first-order valence-electron chi connectivity index (χ1n) is 6.70. The number of hydrogen-bond acceptors (Lipinski definition) is 1. The number of halogens is 2. The van der Waals surface area contributed by atoms with Crippen molar-refractivity contribution < 1.29 is 4.79 Å². The van der Waals surface area contributed by atoms with Gasteiger partial charge in [-0.1, -0.05) is 35.2 Å². The van der Waals surface area contributed by atoms with Crippen molar-refractivity contribution in [3.63, 3.8) is 0 Å². The van der Waals surface area contributed by atoms with E-state index in [9.17, 15) is 4.79 Å². The highest BCUT2D eigenvalue weighted by molar-refractivity contribution is 9.10. The standard InChI is InChI=1S/C15H19BrClNO/c1-11-7-12(9-13(16)8-11)14(19)18-15(10-17)5-3-2-4-6-15/h7-9H,2-6,10H2,1H3,(H,18,19). The van der Waals surface area contributed by atoms with Gasteiger partial charge < -0.3 is 5.32 Å². The SMILES string of the molecule is Cc1cc(Br)cc(C(=O)NC2(CCl)CCCCC2)c1. The van der Waals surface area contributed by atoms with E-state index in [1.165, 1.54) is 6.42 Å². The molecule has 0 radical (unpaired) electrons. The van der Waals surface area contributed by atoms with Gasteiger partial charge in [-0.2, -0.15) is 0 Å². The summed E-state index contributed by atoms with van der Waals surface area (Å²) in [6, 6.07) is 5.76. The maximum Gasteiger partial charge on any atom is 0.251 e. The first-order valence-corrected chi connectivity index (χ1v) is 8.03. The van der Waals surface area contributed by atoms with E-state index in [1.807, 2.05) is 25.1 Å². The van der Waals surface area contributed by atoms with Crippen molar-refractivity contribution in [1.29, 1.82) is 0 Å². The second-order valence-corrected chi connectivity index (χ2v) is 6.63. The van der Waals surface area contributed by atoms with Crippen LogP contribution in [0.3, 0.4) is 0 Å². The number of benzene rings is 1. The van der Waals surface area contributed by atoms with Crippen molar-refractivity contribution in [2.45, 2.75) is 44.6 Å². The fourth-order valence-corrected chi connectivity index (χ4v) is 3.64. The largest absolute Gasteiger partial charge is 0.345 e. The summed E-state index contributed by atoms with van der Waals surface area (Å²) in [5.41, 5.74) is 1.55. The Balaban J connectivity index is 2.15. The zero-order chi connectivity index (χ0) is 13.9. The zero-order valence-electron chi connectivity index (χ0n) is 11.1. The molecule has 19 heavy (non-hydrogen) atoms. The molecule has 0 atom stereocenters. The van der Waals surface area contributed by atoms with Crippen molar-refractivity contribution in [1.82, 2.24) is 5.32 Å². The maximum absolute atomic E-state index is 12.4. The number of carbonyl (C=O) groups is 1. The lowest BCUT2D eigenvalue weighted by Crippen LogP contribution is -2.51. The molecule has 0 aromatic heterocycles. The Labute approximate surface area is 128 Å². The first kappa shape index (κ1) is 14.9. The Morgan fingerprint density at radius 3 is 2.58 bits per heavy atom. The minimum atomic E-state index is -0.215. The molecule has 0 bridgehead atoms.